The predicted molar refractivity (Wildman–Crippen MR) is 110 cm³/mol. The number of carbonyl (C=O) groups excluding carboxylic acids is 1. The highest BCUT2D eigenvalue weighted by Gasteiger charge is 2.35. The van der Waals surface area contributed by atoms with E-state index in [9.17, 15) is 9.18 Å². The maximum atomic E-state index is 13.4. The quantitative estimate of drug-likeness (QED) is 0.675. The van der Waals surface area contributed by atoms with Crippen molar-refractivity contribution >= 4 is 5.91 Å². The molecule has 5 nitrogen and oxygen atoms in total. The smallest absolute Gasteiger partial charge is 0.219 e. The first kappa shape index (κ1) is 21.5. The van der Waals surface area contributed by atoms with Crippen LogP contribution in [-0.2, 0) is 16.1 Å². The Hall–Kier alpha value is -2.18. The number of nitrogens with zero attached hydrogens (tertiary/aromatic N) is 2. The molecule has 1 aromatic heterocycles. The fraction of sp³-hybridized carbons (Fsp3) is 0.522. The molecule has 2 unspecified atom stereocenters. The molecule has 158 valence electrons. The van der Waals surface area contributed by atoms with Crippen molar-refractivity contribution in [2.24, 2.45) is 5.92 Å². The molecule has 0 N–H and O–H groups in total. The number of ether oxygens (including phenoxy) is 1. The van der Waals surface area contributed by atoms with Gasteiger partial charge < -0.3 is 14.1 Å². The lowest BCUT2D eigenvalue weighted by molar-refractivity contribution is -0.130. The highest BCUT2D eigenvalue weighted by molar-refractivity contribution is 5.73. The Bertz CT molecular complexity index is 799. The van der Waals surface area contributed by atoms with Crippen LogP contribution in [0.4, 0.5) is 4.39 Å². The van der Waals surface area contributed by atoms with E-state index in [1.165, 1.54) is 12.1 Å². The topological polar surface area (TPSA) is 45.9 Å². The van der Waals surface area contributed by atoms with Crippen LogP contribution in [0.25, 0.3) is 0 Å². The summed E-state index contributed by atoms with van der Waals surface area (Å²) in [6.07, 6.45) is 0. The number of likely N-dealkylation sites (tertiary alicyclic amines) is 1. The molecule has 0 saturated carbocycles. The van der Waals surface area contributed by atoms with Crippen molar-refractivity contribution in [1.29, 1.82) is 0 Å². The van der Waals surface area contributed by atoms with Gasteiger partial charge in [-0.2, -0.15) is 0 Å². The predicted octanol–water partition coefficient (Wildman–Crippen LogP) is 3.75. The molecule has 0 radical (unpaired) electrons. The average molecular weight is 403 g/mol. The lowest BCUT2D eigenvalue weighted by atomic mass is 9.88. The monoisotopic (exact) mass is 402 g/mol. The average Bonchev–Trinajstić information content (AvgIpc) is 3.21. The lowest BCUT2D eigenvalue weighted by Crippen LogP contribution is -2.38. The highest BCUT2D eigenvalue weighted by Crippen LogP contribution is 2.34. The fourth-order valence-electron chi connectivity index (χ4n) is 4.17. The number of carbonyl (C=O) groups is 1. The highest BCUT2D eigenvalue weighted by atomic mass is 19.1. The number of amides is 1. The van der Waals surface area contributed by atoms with Crippen molar-refractivity contribution in [2.45, 2.75) is 33.2 Å². The third-order valence-corrected chi connectivity index (χ3v) is 5.88. The number of methoxy groups -OCH3 is 1. The van der Waals surface area contributed by atoms with Crippen LogP contribution in [0.5, 0.6) is 0 Å². The largest absolute Gasteiger partial charge is 0.465 e. The first-order valence-corrected chi connectivity index (χ1v) is 10.2. The van der Waals surface area contributed by atoms with Gasteiger partial charge in [0.1, 0.15) is 17.3 Å². The zero-order valence-corrected chi connectivity index (χ0v) is 17.8. The summed E-state index contributed by atoms with van der Waals surface area (Å²) in [6.45, 7) is 9.84. The van der Waals surface area contributed by atoms with Crippen LogP contribution >= 0.6 is 0 Å². The summed E-state index contributed by atoms with van der Waals surface area (Å²) < 4.78 is 24.5. The lowest BCUT2D eigenvalue weighted by Gasteiger charge is -2.27. The molecule has 2 atom stereocenters. The van der Waals surface area contributed by atoms with E-state index in [0.717, 1.165) is 42.3 Å². The van der Waals surface area contributed by atoms with Gasteiger partial charge in [-0.15, -0.1) is 0 Å². The van der Waals surface area contributed by atoms with Gasteiger partial charge in [0.25, 0.3) is 0 Å². The summed E-state index contributed by atoms with van der Waals surface area (Å²) in [5.74, 6) is 2.23. The molecular formula is C23H31FN2O3. The van der Waals surface area contributed by atoms with E-state index in [-0.39, 0.29) is 23.6 Å². The van der Waals surface area contributed by atoms with Crippen molar-refractivity contribution < 1.29 is 18.3 Å². The molecule has 29 heavy (non-hydrogen) atoms. The molecule has 1 aliphatic heterocycles. The number of hydrogen-bond acceptors (Lipinski definition) is 4. The molecule has 2 heterocycles. The molecule has 6 heteroatoms. The third kappa shape index (κ3) is 5.46. The summed E-state index contributed by atoms with van der Waals surface area (Å²) >= 11 is 0. The number of rotatable bonds is 8. The zero-order chi connectivity index (χ0) is 21.0. The summed E-state index contributed by atoms with van der Waals surface area (Å²) in [5, 5.41) is 0. The first-order chi connectivity index (χ1) is 13.9. The number of aryl methyl sites for hydroxylation is 2. The van der Waals surface area contributed by atoms with Crippen molar-refractivity contribution in [1.82, 2.24) is 9.80 Å². The molecular weight excluding hydrogens is 371 g/mol. The van der Waals surface area contributed by atoms with Crippen LogP contribution in [0.2, 0.25) is 0 Å². The van der Waals surface area contributed by atoms with Crippen LogP contribution in [0.15, 0.2) is 34.7 Å². The standard InChI is InChI=1S/C23H31FN2O3/c1-16-11-22(29-17(16)2)14-25-12-20(13-26(18(3)27)9-10-28-4)23(15-25)19-5-7-21(24)8-6-19/h5-8,11,20,23H,9-10,12-15H2,1-4H3. The molecule has 2 aromatic rings. The molecule has 1 saturated heterocycles. The molecule has 1 fully saturated rings. The van der Waals surface area contributed by atoms with E-state index in [1.54, 1.807) is 14.0 Å². The minimum absolute atomic E-state index is 0.0515. The van der Waals surface area contributed by atoms with Crippen molar-refractivity contribution in [3.8, 4) is 0 Å². The Morgan fingerprint density at radius 1 is 1.28 bits per heavy atom. The Morgan fingerprint density at radius 2 is 2.00 bits per heavy atom. The first-order valence-electron chi connectivity index (χ1n) is 10.2. The molecule has 1 amide bonds. The summed E-state index contributed by atoms with van der Waals surface area (Å²) in [5.41, 5.74) is 2.27. The zero-order valence-electron chi connectivity index (χ0n) is 17.8. The van der Waals surface area contributed by atoms with Crippen molar-refractivity contribution in [3.63, 3.8) is 0 Å². The number of furan rings is 1. The summed E-state index contributed by atoms with van der Waals surface area (Å²) in [4.78, 5) is 16.4. The summed E-state index contributed by atoms with van der Waals surface area (Å²) in [7, 11) is 1.64. The van der Waals surface area contributed by atoms with E-state index in [0.29, 0.717) is 19.7 Å². The van der Waals surface area contributed by atoms with E-state index >= 15 is 0 Å². The summed E-state index contributed by atoms with van der Waals surface area (Å²) in [6, 6.07) is 8.86. The van der Waals surface area contributed by atoms with E-state index < -0.39 is 0 Å². The van der Waals surface area contributed by atoms with E-state index in [1.807, 2.05) is 24.0 Å². The number of hydrogen-bond donors (Lipinski definition) is 0. The number of benzene rings is 1. The maximum absolute atomic E-state index is 13.4. The molecule has 0 spiro atoms. The normalized spacial score (nSPS) is 19.6. The Balaban J connectivity index is 1.77. The van der Waals surface area contributed by atoms with Crippen LogP contribution in [0, 0.1) is 25.6 Å². The maximum Gasteiger partial charge on any atom is 0.219 e. The van der Waals surface area contributed by atoms with Crippen molar-refractivity contribution in [3.05, 3.63) is 58.8 Å². The Labute approximate surface area is 172 Å². The molecule has 0 aliphatic carbocycles. The Kier molecular flexibility index (Phi) is 7.09. The van der Waals surface area contributed by atoms with Crippen LogP contribution < -0.4 is 0 Å². The van der Waals surface area contributed by atoms with E-state index in [2.05, 4.69) is 17.9 Å². The van der Waals surface area contributed by atoms with Gasteiger partial charge in [0, 0.05) is 46.1 Å². The second-order valence-corrected chi connectivity index (χ2v) is 8.02. The van der Waals surface area contributed by atoms with Gasteiger partial charge in [-0.05, 0) is 49.1 Å². The van der Waals surface area contributed by atoms with Gasteiger partial charge in [-0.25, -0.2) is 4.39 Å². The van der Waals surface area contributed by atoms with Gasteiger partial charge in [0.15, 0.2) is 0 Å². The fourth-order valence-corrected chi connectivity index (χ4v) is 4.17. The Morgan fingerprint density at radius 3 is 2.59 bits per heavy atom. The van der Waals surface area contributed by atoms with Crippen molar-refractivity contribution in [2.75, 3.05) is 39.9 Å². The van der Waals surface area contributed by atoms with Gasteiger partial charge in [-0.3, -0.25) is 9.69 Å². The molecule has 1 aromatic carbocycles. The molecule has 3 rings (SSSR count). The van der Waals surface area contributed by atoms with Gasteiger partial charge in [-0.1, -0.05) is 12.1 Å². The van der Waals surface area contributed by atoms with Gasteiger partial charge in [0.2, 0.25) is 5.91 Å². The van der Waals surface area contributed by atoms with Crippen LogP contribution in [0.1, 0.15) is 35.5 Å². The minimum Gasteiger partial charge on any atom is -0.465 e. The molecule has 0 bridgehead atoms. The molecule has 1 aliphatic rings. The van der Waals surface area contributed by atoms with E-state index in [4.69, 9.17) is 9.15 Å². The van der Waals surface area contributed by atoms with Gasteiger partial charge in [0.05, 0.1) is 13.2 Å². The number of halogens is 1. The van der Waals surface area contributed by atoms with Gasteiger partial charge >= 0.3 is 0 Å². The SMILES string of the molecule is COCCN(CC1CN(Cc2cc(C)c(C)o2)CC1c1ccc(F)cc1)C(C)=O. The van der Waals surface area contributed by atoms with Crippen LogP contribution in [0.3, 0.4) is 0 Å². The van der Waals surface area contributed by atoms with Crippen LogP contribution in [-0.4, -0.2) is 55.6 Å². The third-order valence-electron chi connectivity index (χ3n) is 5.88. The second-order valence-electron chi connectivity index (χ2n) is 8.02. The minimum atomic E-state index is -0.229. The second kappa shape index (κ2) is 9.55.